The minimum absolute atomic E-state index is 0.107. The molecule has 3 N–H and O–H groups in total. The number of carbonyl (C=O) groups excluding carboxylic acids is 1. The number of aromatic nitrogens is 1. The zero-order chi connectivity index (χ0) is 26.1. The Labute approximate surface area is 218 Å². The lowest BCUT2D eigenvalue weighted by molar-refractivity contribution is -0.0881. The van der Waals surface area contributed by atoms with Crippen molar-refractivity contribution in [2.75, 3.05) is 19.7 Å². The summed E-state index contributed by atoms with van der Waals surface area (Å²) in [7, 11) is 0. The van der Waals surface area contributed by atoms with Gasteiger partial charge in [-0.1, -0.05) is 30.3 Å². The molecule has 0 bridgehead atoms. The van der Waals surface area contributed by atoms with Gasteiger partial charge in [-0.25, -0.2) is 4.79 Å². The summed E-state index contributed by atoms with van der Waals surface area (Å²) in [6.45, 7) is 5.92. The average molecular weight is 506 g/mol. The molecule has 0 radical (unpaired) electrons. The van der Waals surface area contributed by atoms with Crippen LogP contribution in [0.15, 0.2) is 72.9 Å². The first-order valence-electron chi connectivity index (χ1n) is 12.8. The average Bonchev–Trinajstić information content (AvgIpc) is 2.93. The maximum absolute atomic E-state index is 12.1. The summed E-state index contributed by atoms with van der Waals surface area (Å²) in [5, 5.41) is 18.0. The van der Waals surface area contributed by atoms with Gasteiger partial charge < -0.3 is 24.6 Å². The number of nitrogens with zero attached hydrogens (tertiary/aromatic N) is 1. The minimum atomic E-state index is -1.33. The largest absolute Gasteiger partial charge is 0.489 e. The van der Waals surface area contributed by atoms with Crippen LogP contribution < -0.4 is 20.1 Å². The summed E-state index contributed by atoms with van der Waals surface area (Å²) in [6, 6.07) is 20.7. The molecular weight excluding hydrogens is 470 g/mol. The van der Waals surface area contributed by atoms with Crippen LogP contribution in [-0.4, -0.2) is 47.9 Å². The Morgan fingerprint density at radius 1 is 1.08 bits per heavy atom. The van der Waals surface area contributed by atoms with Crippen molar-refractivity contribution in [3.05, 3.63) is 89.7 Å². The number of carbonyl (C=O) groups is 1. The van der Waals surface area contributed by atoms with E-state index in [1.807, 2.05) is 54.6 Å². The molecule has 0 spiro atoms. The molecule has 1 aliphatic rings. The van der Waals surface area contributed by atoms with E-state index < -0.39 is 17.8 Å². The van der Waals surface area contributed by atoms with E-state index >= 15 is 0 Å². The Kier molecular flexibility index (Phi) is 9.11. The zero-order valence-corrected chi connectivity index (χ0v) is 21.4. The van der Waals surface area contributed by atoms with Crippen molar-refractivity contribution in [2.24, 2.45) is 0 Å². The van der Waals surface area contributed by atoms with Crippen LogP contribution in [-0.2, 0) is 17.1 Å². The second-order valence-electron chi connectivity index (χ2n) is 9.08. The molecule has 8 heteroatoms. The van der Waals surface area contributed by atoms with Gasteiger partial charge in [0.05, 0.1) is 12.2 Å². The number of piperidine rings is 1. The van der Waals surface area contributed by atoms with Gasteiger partial charge in [-0.2, -0.15) is 0 Å². The Bertz CT molecular complexity index is 1120. The minimum Gasteiger partial charge on any atom is -0.489 e. The van der Waals surface area contributed by atoms with Gasteiger partial charge in [0.15, 0.2) is 0 Å². The SMILES string of the molecule is CCOC(=O)c1ccc(C(NC2CCNCC2)(Oc2ccc(OCc3ccccc3)cc2)C(C)O)nc1. The molecule has 2 unspecified atom stereocenters. The van der Waals surface area contributed by atoms with Crippen molar-refractivity contribution in [1.29, 1.82) is 0 Å². The number of benzene rings is 2. The second-order valence-corrected chi connectivity index (χ2v) is 9.08. The lowest BCUT2D eigenvalue weighted by atomic mass is 9.97. The summed E-state index contributed by atoms with van der Waals surface area (Å²) >= 11 is 0. The quantitative estimate of drug-likeness (QED) is 0.267. The molecular formula is C29H35N3O5. The number of nitrogens with one attached hydrogen (secondary N) is 2. The van der Waals surface area contributed by atoms with Gasteiger partial charge >= 0.3 is 5.97 Å². The van der Waals surface area contributed by atoms with Crippen molar-refractivity contribution >= 4 is 5.97 Å². The van der Waals surface area contributed by atoms with Crippen LogP contribution in [0.2, 0.25) is 0 Å². The first-order chi connectivity index (χ1) is 18.0. The van der Waals surface area contributed by atoms with Crippen LogP contribution in [0, 0.1) is 0 Å². The van der Waals surface area contributed by atoms with E-state index in [4.69, 9.17) is 14.2 Å². The van der Waals surface area contributed by atoms with Gasteiger partial charge in [0.25, 0.3) is 0 Å². The van der Waals surface area contributed by atoms with Gasteiger partial charge in [-0.15, -0.1) is 0 Å². The summed E-state index contributed by atoms with van der Waals surface area (Å²) < 4.78 is 17.5. The molecule has 0 aliphatic carbocycles. The number of hydrogen-bond acceptors (Lipinski definition) is 8. The van der Waals surface area contributed by atoms with Gasteiger partial charge in [0.1, 0.15) is 29.9 Å². The molecule has 2 atom stereocenters. The molecule has 8 nitrogen and oxygen atoms in total. The summed E-state index contributed by atoms with van der Waals surface area (Å²) in [6.07, 6.45) is 2.26. The van der Waals surface area contributed by atoms with Crippen molar-refractivity contribution in [2.45, 2.75) is 51.2 Å². The Morgan fingerprint density at radius 2 is 1.78 bits per heavy atom. The molecule has 3 aromatic rings. The lowest BCUT2D eigenvalue weighted by Gasteiger charge is -2.41. The Hall–Kier alpha value is -3.46. The number of aliphatic hydroxyl groups is 1. The van der Waals surface area contributed by atoms with Crippen LogP contribution in [0.4, 0.5) is 0 Å². The van der Waals surface area contributed by atoms with Gasteiger partial charge in [-0.05, 0) is 81.7 Å². The molecule has 1 aromatic heterocycles. The Balaban J connectivity index is 1.57. The van der Waals surface area contributed by atoms with Crippen molar-refractivity contribution in [3.63, 3.8) is 0 Å². The third-order valence-electron chi connectivity index (χ3n) is 6.35. The molecule has 1 fully saturated rings. The number of ether oxygens (including phenoxy) is 3. The number of aliphatic hydroxyl groups excluding tert-OH is 1. The predicted octanol–water partition coefficient (Wildman–Crippen LogP) is 3.79. The highest BCUT2D eigenvalue weighted by atomic mass is 16.5. The fourth-order valence-electron chi connectivity index (χ4n) is 4.32. The van der Waals surface area contributed by atoms with E-state index in [0.29, 0.717) is 29.4 Å². The summed E-state index contributed by atoms with van der Waals surface area (Å²) in [4.78, 5) is 16.7. The second kappa shape index (κ2) is 12.7. The topological polar surface area (TPSA) is 102 Å². The summed E-state index contributed by atoms with van der Waals surface area (Å²) in [5.41, 5.74) is 0.562. The third-order valence-corrected chi connectivity index (χ3v) is 6.35. The number of esters is 1. The summed E-state index contributed by atoms with van der Waals surface area (Å²) in [5.74, 6) is 0.815. The highest BCUT2D eigenvalue weighted by Crippen LogP contribution is 2.31. The van der Waals surface area contributed by atoms with Gasteiger partial charge in [0, 0.05) is 12.2 Å². The Morgan fingerprint density at radius 3 is 2.41 bits per heavy atom. The highest BCUT2D eigenvalue weighted by Gasteiger charge is 2.43. The normalized spacial score (nSPS) is 16.4. The first kappa shape index (κ1) is 26.6. The van der Waals surface area contributed by atoms with Crippen molar-refractivity contribution in [1.82, 2.24) is 15.6 Å². The predicted molar refractivity (Wildman–Crippen MR) is 140 cm³/mol. The van der Waals surface area contributed by atoms with E-state index in [9.17, 15) is 9.90 Å². The molecule has 196 valence electrons. The molecule has 0 saturated carbocycles. The third kappa shape index (κ3) is 6.85. The van der Waals surface area contributed by atoms with Crippen LogP contribution in [0.5, 0.6) is 11.5 Å². The molecule has 37 heavy (non-hydrogen) atoms. The van der Waals surface area contributed by atoms with Gasteiger partial charge in [-0.3, -0.25) is 10.3 Å². The molecule has 2 aromatic carbocycles. The number of hydrogen-bond donors (Lipinski definition) is 3. The monoisotopic (exact) mass is 505 g/mol. The smallest absolute Gasteiger partial charge is 0.339 e. The maximum atomic E-state index is 12.1. The molecule has 1 saturated heterocycles. The van der Waals surface area contributed by atoms with E-state index in [-0.39, 0.29) is 12.6 Å². The van der Waals surface area contributed by atoms with Crippen LogP contribution in [0.3, 0.4) is 0 Å². The molecule has 1 aliphatic heterocycles. The molecule has 2 heterocycles. The first-order valence-corrected chi connectivity index (χ1v) is 12.8. The van der Waals surface area contributed by atoms with Crippen LogP contribution in [0.1, 0.15) is 48.3 Å². The van der Waals surface area contributed by atoms with Gasteiger partial charge in [0.2, 0.25) is 5.72 Å². The zero-order valence-electron chi connectivity index (χ0n) is 21.4. The van der Waals surface area contributed by atoms with Crippen molar-refractivity contribution < 1.29 is 24.1 Å². The fourth-order valence-corrected chi connectivity index (χ4v) is 4.32. The standard InChI is InChI=1S/C29H35N3O5/c1-3-35-28(34)23-9-14-27(31-19-23)29(21(2)33,32-24-15-17-30-18-16-24)37-26-12-10-25(11-13-26)36-20-22-7-5-4-6-8-22/h4-14,19,21,24,30,32-33H,3,15-18,20H2,1-2H3. The fraction of sp³-hybridized carbons (Fsp3) is 0.379. The van der Waals surface area contributed by atoms with E-state index in [1.54, 1.807) is 26.0 Å². The number of rotatable bonds is 11. The maximum Gasteiger partial charge on any atom is 0.339 e. The lowest BCUT2D eigenvalue weighted by Crippen LogP contribution is -2.60. The molecule has 4 rings (SSSR count). The van der Waals surface area contributed by atoms with Crippen LogP contribution in [0.25, 0.3) is 0 Å². The van der Waals surface area contributed by atoms with Crippen LogP contribution >= 0.6 is 0 Å². The van der Waals surface area contributed by atoms with Crippen molar-refractivity contribution in [3.8, 4) is 11.5 Å². The van der Waals surface area contributed by atoms with E-state index in [0.717, 1.165) is 31.5 Å². The number of pyridine rings is 1. The van der Waals surface area contributed by atoms with E-state index in [2.05, 4.69) is 15.6 Å². The molecule has 0 amide bonds. The highest BCUT2D eigenvalue weighted by molar-refractivity contribution is 5.88. The van der Waals surface area contributed by atoms with E-state index in [1.165, 1.54) is 6.20 Å².